The first-order valence-corrected chi connectivity index (χ1v) is 12.3. The van der Waals surface area contributed by atoms with E-state index in [4.69, 9.17) is 18.9 Å². The molecule has 7 heteroatoms. The molecule has 7 nitrogen and oxygen atoms in total. The van der Waals surface area contributed by atoms with Gasteiger partial charge in [-0.15, -0.1) is 0 Å². The van der Waals surface area contributed by atoms with Gasteiger partial charge in [-0.25, -0.2) is 14.4 Å². The third-order valence-corrected chi connectivity index (χ3v) is 6.25. The summed E-state index contributed by atoms with van der Waals surface area (Å²) in [5.74, 6) is -0.593. The number of esters is 3. The molecule has 0 saturated heterocycles. The summed E-state index contributed by atoms with van der Waals surface area (Å²) in [6.07, 6.45) is 0. The van der Waals surface area contributed by atoms with Gasteiger partial charge in [0.2, 0.25) is 0 Å². The van der Waals surface area contributed by atoms with Crippen molar-refractivity contribution in [3.8, 4) is 39.1 Å². The number of carbonyl (C=O) groups excluding carboxylic acids is 3. The molecule has 0 aromatic heterocycles. The Labute approximate surface area is 226 Å². The van der Waals surface area contributed by atoms with Crippen molar-refractivity contribution in [2.75, 3.05) is 27.9 Å². The molecule has 4 aromatic rings. The zero-order chi connectivity index (χ0) is 27.9. The normalized spacial score (nSPS) is 10.5. The number of rotatable bonds is 8. The van der Waals surface area contributed by atoms with E-state index < -0.39 is 17.9 Å². The molecule has 4 aromatic carbocycles. The van der Waals surface area contributed by atoms with Crippen molar-refractivity contribution in [2.45, 2.75) is 6.92 Å². The van der Waals surface area contributed by atoms with Gasteiger partial charge in [-0.1, -0.05) is 36.4 Å². The summed E-state index contributed by atoms with van der Waals surface area (Å²) in [7, 11) is 4.03. The third-order valence-electron chi connectivity index (χ3n) is 6.25. The molecule has 0 saturated carbocycles. The minimum atomic E-state index is -0.419. The smallest absolute Gasteiger partial charge is 0.337 e. The largest absolute Gasteiger partial charge is 0.493 e. The van der Waals surface area contributed by atoms with Crippen LogP contribution in [0.5, 0.6) is 5.75 Å². The summed E-state index contributed by atoms with van der Waals surface area (Å²) in [6.45, 7) is 2.33. The maximum absolute atomic E-state index is 12.0. The summed E-state index contributed by atoms with van der Waals surface area (Å²) >= 11 is 0. The Morgan fingerprint density at radius 2 is 0.846 bits per heavy atom. The number of hydrogen-bond donors (Lipinski definition) is 0. The van der Waals surface area contributed by atoms with Crippen molar-refractivity contribution in [3.05, 3.63) is 102 Å². The topological polar surface area (TPSA) is 88.1 Å². The Kier molecular flexibility index (Phi) is 8.41. The maximum Gasteiger partial charge on any atom is 0.337 e. The molecule has 39 heavy (non-hydrogen) atoms. The van der Waals surface area contributed by atoms with Crippen molar-refractivity contribution in [3.63, 3.8) is 0 Å². The molecular weight excluding hydrogens is 496 g/mol. The van der Waals surface area contributed by atoms with E-state index in [2.05, 4.69) is 0 Å². The third kappa shape index (κ3) is 5.83. The average molecular weight is 525 g/mol. The Morgan fingerprint density at radius 1 is 0.513 bits per heavy atom. The summed E-state index contributed by atoms with van der Waals surface area (Å²) in [4.78, 5) is 35.9. The highest BCUT2D eigenvalue weighted by Gasteiger charge is 2.18. The van der Waals surface area contributed by atoms with Gasteiger partial charge in [-0.3, -0.25) is 0 Å². The summed E-state index contributed by atoms with van der Waals surface area (Å²) in [5, 5.41) is 0. The van der Waals surface area contributed by atoms with Crippen LogP contribution in [0.3, 0.4) is 0 Å². The molecular formula is C32H28O7. The van der Waals surface area contributed by atoms with Gasteiger partial charge in [0, 0.05) is 11.1 Å². The lowest BCUT2D eigenvalue weighted by atomic mass is 9.91. The fourth-order valence-electron chi connectivity index (χ4n) is 4.25. The molecule has 0 fully saturated rings. The Balaban J connectivity index is 1.92. The number of hydrogen-bond acceptors (Lipinski definition) is 7. The molecule has 0 unspecified atom stereocenters. The van der Waals surface area contributed by atoms with Crippen LogP contribution in [0.25, 0.3) is 33.4 Å². The van der Waals surface area contributed by atoms with E-state index in [-0.39, 0.29) is 0 Å². The predicted octanol–water partition coefficient (Wildman–Crippen LogP) is 6.45. The van der Waals surface area contributed by atoms with Crippen LogP contribution in [0.15, 0.2) is 84.9 Å². The minimum absolute atomic E-state index is 0.411. The van der Waals surface area contributed by atoms with E-state index in [9.17, 15) is 14.4 Å². The molecule has 4 rings (SSSR count). The Bertz CT molecular complexity index is 1410. The fourth-order valence-corrected chi connectivity index (χ4v) is 4.25. The van der Waals surface area contributed by atoms with E-state index in [0.29, 0.717) is 29.0 Å². The van der Waals surface area contributed by atoms with Crippen LogP contribution in [0, 0.1) is 0 Å². The van der Waals surface area contributed by atoms with Crippen molar-refractivity contribution < 1.29 is 33.3 Å². The minimum Gasteiger partial charge on any atom is -0.493 e. The Hall–Kier alpha value is -4.91. The lowest BCUT2D eigenvalue weighted by molar-refractivity contribution is 0.0592. The molecule has 0 aliphatic heterocycles. The number of benzene rings is 4. The average Bonchev–Trinajstić information content (AvgIpc) is 3.00. The number of ether oxygens (including phenoxy) is 4. The summed E-state index contributed by atoms with van der Waals surface area (Å²) in [6, 6.07) is 25.4. The predicted molar refractivity (Wildman–Crippen MR) is 148 cm³/mol. The van der Waals surface area contributed by atoms with Gasteiger partial charge >= 0.3 is 17.9 Å². The van der Waals surface area contributed by atoms with Gasteiger partial charge in [0.1, 0.15) is 5.75 Å². The van der Waals surface area contributed by atoms with E-state index in [0.717, 1.165) is 33.4 Å². The quantitative estimate of drug-likeness (QED) is 0.193. The second-order valence-corrected chi connectivity index (χ2v) is 8.54. The lowest BCUT2D eigenvalue weighted by Gasteiger charge is -2.19. The van der Waals surface area contributed by atoms with Crippen LogP contribution >= 0.6 is 0 Å². The molecule has 0 radical (unpaired) electrons. The summed E-state index contributed by atoms with van der Waals surface area (Å²) < 4.78 is 20.7. The van der Waals surface area contributed by atoms with Gasteiger partial charge < -0.3 is 18.9 Å². The van der Waals surface area contributed by atoms with Crippen LogP contribution in [0.2, 0.25) is 0 Å². The molecule has 0 atom stereocenters. The first-order valence-electron chi connectivity index (χ1n) is 12.3. The van der Waals surface area contributed by atoms with E-state index in [1.165, 1.54) is 21.3 Å². The van der Waals surface area contributed by atoms with E-state index in [1.807, 2.05) is 55.5 Å². The van der Waals surface area contributed by atoms with Crippen LogP contribution in [0.1, 0.15) is 38.0 Å². The highest BCUT2D eigenvalue weighted by molar-refractivity contribution is 5.94. The van der Waals surface area contributed by atoms with E-state index >= 15 is 0 Å². The SMILES string of the molecule is CCOc1c(-c2ccc(C(=O)OC)cc2)cc(-c2ccc(C(=O)OC)cc2)cc1-c1ccc(C(=O)OC)cc1. The maximum atomic E-state index is 12.0. The Morgan fingerprint density at radius 3 is 1.15 bits per heavy atom. The standard InChI is InChI=1S/C32H28O7/c1-5-39-29-27(21-8-14-24(15-9-21)31(34)37-3)18-26(20-6-12-23(13-7-20)30(33)36-2)19-28(29)22-10-16-25(17-11-22)32(35)38-4/h6-19H,5H2,1-4H3. The highest BCUT2D eigenvalue weighted by atomic mass is 16.5. The first-order chi connectivity index (χ1) is 18.9. The number of carbonyl (C=O) groups is 3. The highest BCUT2D eigenvalue weighted by Crippen LogP contribution is 2.43. The monoisotopic (exact) mass is 524 g/mol. The van der Waals surface area contributed by atoms with Crippen LogP contribution in [0.4, 0.5) is 0 Å². The van der Waals surface area contributed by atoms with Gasteiger partial charge in [-0.2, -0.15) is 0 Å². The molecule has 0 aliphatic carbocycles. The molecule has 0 amide bonds. The molecule has 198 valence electrons. The van der Waals surface area contributed by atoms with Gasteiger partial charge in [-0.05, 0) is 77.7 Å². The molecule has 0 bridgehead atoms. The first kappa shape index (κ1) is 27.1. The zero-order valence-corrected chi connectivity index (χ0v) is 22.1. The van der Waals surface area contributed by atoms with Crippen molar-refractivity contribution in [1.82, 2.24) is 0 Å². The van der Waals surface area contributed by atoms with Crippen LogP contribution in [-0.4, -0.2) is 45.8 Å². The second-order valence-electron chi connectivity index (χ2n) is 8.54. The van der Waals surface area contributed by atoms with Crippen molar-refractivity contribution in [1.29, 1.82) is 0 Å². The van der Waals surface area contributed by atoms with Crippen LogP contribution < -0.4 is 4.74 Å². The van der Waals surface area contributed by atoms with Crippen molar-refractivity contribution in [2.24, 2.45) is 0 Å². The lowest BCUT2D eigenvalue weighted by Crippen LogP contribution is -2.02. The van der Waals surface area contributed by atoms with Crippen molar-refractivity contribution >= 4 is 17.9 Å². The molecule has 0 spiro atoms. The number of methoxy groups -OCH3 is 3. The zero-order valence-electron chi connectivity index (χ0n) is 22.1. The fraction of sp³-hybridized carbons (Fsp3) is 0.156. The summed E-state index contributed by atoms with van der Waals surface area (Å²) in [5.41, 5.74) is 6.39. The second kappa shape index (κ2) is 12.1. The molecule has 0 aliphatic rings. The van der Waals surface area contributed by atoms with Crippen LogP contribution in [-0.2, 0) is 14.2 Å². The van der Waals surface area contributed by atoms with Gasteiger partial charge in [0.15, 0.2) is 0 Å². The molecule has 0 N–H and O–H groups in total. The van der Waals surface area contributed by atoms with E-state index in [1.54, 1.807) is 36.4 Å². The molecule has 0 heterocycles. The van der Waals surface area contributed by atoms with Gasteiger partial charge in [0.25, 0.3) is 0 Å². The van der Waals surface area contributed by atoms with Gasteiger partial charge in [0.05, 0.1) is 44.6 Å².